The number of rotatable bonds is 4. The Morgan fingerprint density at radius 2 is 2.00 bits per heavy atom. The van der Waals surface area contributed by atoms with Gasteiger partial charge in [-0.3, -0.25) is 14.9 Å². The van der Waals surface area contributed by atoms with Crippen molar-refractivity contribution in [2.24, 2.45) is 0 Å². The first-order chi connectivity index (χ1) is 12.7. The summed E-state index contributed by atoms with van der Waals surface area (Å²) in [5, 5.41) is 14.6. The molecule has 1 aromatic heterocycles. The van der Waals surface area contributed by atoms with Gasteiger partial charge in [0.15, 0.2) is 0 Å². The van der Waals surface area contributed by atoms with Gasteiger partial charge in [0, 0.05) is 11.8 Å². The van der Waals surface area contributed by atoms with Crippen molar-refractivity contribution in [2.75, 3.05) is 0 Å². The maximum Gasteiger partial charge on any atom is 0.291 e. The number of carbonyl (C=O) groups excluding carboxylic acids is 1. The Bertz CT molecular complexity index is 883. The molecule has 1 fully saturated rings. The van der Waals surface area contributed by atoms with E-state index >= 15 is 0 Å². The summed E-state index contributed by atoms with van der Waals surface area (Å²) in [6.45, 7) is 0.351. The van der Waals surface area contributed by atoms with E-state index in [0.717, 1.165) is 5.56 Å². The molecule has 1 unspecified atom stereocenters. The topological polar surface area (TPSA) is 70.4 Å². The van der Waals surface area contributed by atoms with Crippen molar-refractivity contribution in [3.63, 3.8) is 0 Å². The summed E-state index contributed by atoms with van der Waals surface area (Å²) in [5.41, 5.74) is -1.46. The van der Waals surface area contributed by atoms with Gasteiger partial charge in [0.1, 0.15) is 5.70 Å². The van der Waals surface area contributed by atoms with E-state index in [9.17, 15) is 27.5 Å². The molecule has 27 heavy (non-hydrogen) atoms. The molecule has 0 saturated carbocycles. The second-order valence-electron chi connectivity index (χ2n) is 5.90. The van der Waals surface area contributed by atoms with Gasteiger partial charge in [-0.05, 0) is 17.7 Å². The number of nitrogens with zero attached hydrogens (tertiary/aromatic N) is 3. The zero-order chi connectivity index (χ0) is 19.8. The van der Waals surface area contributed by atoms with Crippen LogP contribution in [0.2, 0.25) is 5.02 Å². The van der Waals surface area contributed by atoms with Crippen LogP contribution in [0.4, 0.5) is 17.6 Å². The first-order valence-electron chi connectivity index (χ1n) is 7.63. The van der Waals surface area contributed by atoms with Crippen molar-refractivity contribution in [3.8, 4) is 0 Å². The highest BCUT2D eigenvalue weighted by Crippen LogP contribution is 2.35. The molecule has 1 aromatic carbocycles. The smallest absolute Gasteiger partial charge is 0.291 e. The quantitative estimate of drug-likeness (QED) is 0.769. The second kappa shape index (κ2) is 7.20. The highest BCUT2D eigenvalue weighted by Gasteiger charge is 2.53. The van der Waals surface area contributed by atoms with Crippen LogP contribution in [0.1, 0.15) is 22.3 Å². The fourth-order valence-electron chi connectivity index (χ4n) is 2.61. The predicted octanol–water partition coefficient (Wildman–Crippen LogP) is 3.00. The van der Waals surface area contributed by atoms with Gasteiger partial charge in [-0.25, -0.2) is 13.8 Å². The van der Waals surface area contributed by atoms with Crippen LogP contribution in [-0.2, 0) is 6.54 Å². The van der Waals surface area contributed by atoms with Gasteiger partial charge >= 0.3 is 0 Å². The molecule has 1 saturated heterocycles. The number of carbonyl (C=O) groups is 1. The average molecular weight is 405 g/mol. The molecule has 11 heteroatoms. The standard InChI is InChI=1S/C16H13ClF4N4O2/c17-11-6-22-24(8-11)7-9-1-3-10(4-2-9)14(26)25-16(27,15(20)21)5-12(23-25)13(18)19/h1-4,6,8,15,23,27H,5,7H2. The van der Waals surface area contributed by atoms with Crippen LogP contribution in [-0.4, -0.2) is 38.0 Å². The van der Waals surface area contributed by atoms with Gasteiger partial charge in [-0.1, -0.05) is 23.7 Å². The number of amides is 1. The molecule has 1 aliphatic heterocycles. The van der Waals surface area contributed by atoms with E-state index in [1.165, 1.54) is 18.3 Å². The van der Waals surface area contributed by atoms with Crippen molar-refractivity contribution in [1.29, 1.82) is 0 Å². The van der Waals surface area contributed by atoms with E-state index < -0.39 is 36.3 Å². The maximum atomic E-state index is 13.2. The minimum atomic E-state index is -3.45. The molecule has 6 nitrogen and oxygen atoms in total. The van der Waals surface area contributed by atoms with Gasteiger partial charge in [0.2, 0.25) is 5.72 Å². The zero-order valence-electron chi connectivity index (χ0n) is 13.5. The molecular weight excluding hydrogens is 392 g/mol. The summed E-state index contributed by atoms with van der Waals surface area (Å²) in [4.78, 5) is 12.5. The van der Waals surface area contributed by atoms with E-state index in [2.05, 4.69) is 5.10 Å². The summed E-state index contributed by atoms with van der Waals surface area (Å²) in [5.74, 6) is -1.07. The number of benzene rings is 1. The molecule has 1 atom stereocenters. The van der Waals surface area contributed by atoms with Crippen LogP contribution in [0.15, 0.2) is 48.4 Å². The molecule has 1 aliphatic rings. The van der Waals surface area contributed by atoms with Crippen LogP contribution in [0.25, 0.3) is 0 Å². The van der Waals surface area contributed by atoms with Crippen LogP contribution < -0.4 is 5.43 Å². The molecule has 144 valence electrons. The Morgan fingerprint density at radius 3 is 2.52 bits per heavy atom. The van der Waals surface area contributed by atoms with Gasteiger partial charge in [-0.2, -0.15) is 13.9 Å². The number of hydrogen-bond acceptors (Lipinski definition) is 4. The normalized spacial score (nSPS) is 19.5. The van der Waals surface area contributed by atoms with Crippen LogP contribution in [0.3, 0.4) is 0 Å². The lowest BCUT2D eigenvalue weighted by atomic mass is 10.1. The Hall–Kier alpha value is -2.59. The molecule has 2 aromatic rings. The van der Waals surface area contributed by atoms with E-state index in [0.29, 0.717) is 11.6 Å². The average Bonchev–Trinajstić information content (AvgIpc) is 3.19. The summed E-state index contributed by atoms with van der Waals surface area (Å²) >= 11 is 5.77. The molecule has 3 rings (SSSR count). The number of hydrogen-bond donors (Lipinski definition) is 2. The van der Waals surface area contributed by atoms with E-state index in [4.69, 9.17) is 11.6 Å². The Labute approximate surface area is 155 Å². The first kappa shape index (κ1) is 19.2. The summed E-state index contributed by atoms with van der Waals surface area (Å²) in [6, 6.07) is 5.77. The number of aliphatic hydroxyl groups is 1. The largest absolute Gasteiger partial charge is 0.364 e. The summed E-state index contributed by atoms with van der Waals surface area (Å²) < 4.78 is 53.5. The number of aromatic nitrogens is 2. The predicted molar refractivity (Wildman–Crippen MR) is 86.9 cm³/mol. The van der Waals surface area contributed by atoms with Crippen LogP contribution in [0, 0.1) is 0 Å². The second-order valence-corrected chi connectivity index (χ2v) is 6.34. The number of nitrogens with one attached hydrogen (secondary N) is 1. The monoisotopic (exact) mass is 404 g/mol. The third kappa shape index (κ3) is 3.76. The maximum absolute atomic E-state index is 13.2. The number of hydrazine groups is 1. The van der Waals surface area contributed by atoms with E-state index in [-0.39, 0.29) is 10.6 Å². The van der Waals surface area contributed by atoms with Gasteiger partial charge in [0.05, 0.1) is 24.2 Å². The minimum Gasteiger partial charge on any atom is -0.364 e. The van der Waals surface area contributed by atoms with Crippen molar-refractivity contribution in [1.82, 2.24) is 20.2 Å². The third-order valence-electron chi connectivity index (χ3n) is 4.00. The zero-order valence-corrected chi connectivity index (χ0v) is 14.3. The highest BCUT2D eigenvalue weighted by atomic mass is 35.5. The van der Waals surface area contributed by atoms with Crippen LogP contribution in [0.5, 0.6) is 0 Å². The van der Waals surface area contributed by atoms with Crippen molar-refractivity contribution >= 4 is 17.5 Å². The Balaban J connectivity index is 1.81. The summed E-state index contributed by atoms with van der Waals surface area (Å²) in [6.07, 6.45) is -3.78. The van der Waals surface area contributed by atoms with Crippen molar-refractivity contribution in [2.45, 2.75) is 25.1 Å². The lowest BCUT2D eigenvalue weighted by Gasteiger charge is -2.31. The lowest BCUT2D eigenvalue weighted by molar-refractivity contribution is -0.168. The minimum absolute atomic E-state index is 0.0654. The van der Waals surface area contributed by atoms with Gasteiger partial charge < -0.3 is 5.11 Å². The Kier molecular flexibility index (Phi) is 5.11. The highest BCUT2D eigenvalue weighted by molar-refractivity contribution is 6.30. The fourth-order valence-corrected chi connectivity index (χ4v) is 2.77. The Morgan fingerprint density at radius 1 is 1.33 bits per heavy atom. The molecule has 0 spiro atoms. The lowest BCUT2D eigenvalue weighted by Crippen LogP contribution is -2.55. The molecule has 2 N–H and O–H groups in total. The van der Waals surface area contributed by atoms with Gasteiger partial charge in [0.25, 0.3) is 18.4 Å². The van der Waals surface area contributed by atoms with E-state index in [1.807, 2.05) is 5.43 Å². The fraction of sp³-hybridized carbons (Fsp3) is 0.250. The SMILES string of the molecule is O=C(c1ccc(Cn2cc(Cl)cn2)cc1)N1NC(=C(F)F)CC1(O)C(F)F. The number of alkyl halides is 2. The molecular formula is C16H13ClF4N4O2. The van der Waals surface area contributed by atoms with Crippen molar-refractivity contribution < 1.29 is 27.5 Å². The molecule has 1 amide bonds. The van der Waals surface area contributed by atoms with E-state index in [1.54, 1.807) is 23.0 Å². The summed E-state index contributed by atoms with van der Waals surface area (Å²) in [7, 11) is 0. The molecule has 0 aliphatic carbocycles. The molecule has 2 heterocycles. The first-order valence-corrected chi connectivity index (χ1v) is 8.01. The van der Waals surface area contributed by atoms with Gasteiger partial charge in [-0.15, -0.1) is 0 Å². The number of halogens is 5. The van der Waals surface area contributed by atoms with Crippen LogP contribution >= 0.6 is 11.6 Å². The van der Waals surface area contributed by atoms with Crippen molar-refractivity contribution in [3.05, 3.63) is 64.6 Å². The molecule has 0 bridgehead atoms. The third-order valence-corrected chi connectivity index (χ3v) is 4.19. The molecule has 0 radical (unpaired) electrons.